The summed E-state index contributed by atoms with van der Waals surface area (Å²) >= 11 is 0. The third-order valence-corrected chi connectivity index (χ3v) is 2.96. The van der Waals surface area contributed by atoms with Gasteiger partial charge in [0, 0.05) is 0 Å². The van der Waals surface area contributed by atoms with Crippen LogP contribution in [0, 0.1) is 23.7 Å². The monoisotopic (exact) mass is 194 g/mol. The Morgan fingerprint density at radius 1 is 0.714 bits per heavy atom. The lowest BCUT2D eigenvalue weighted by atomic mass is 9.71. The van der Waals surface area contributed by atoms with Crippen molar-refractivity contribution in [2.24, 2.45) is 23.7 Å². The second-order valence-corrected chi connectivity index (χ2v) is 5.23. The SMILES string of the molecule is C=C(C)C(C(C)C)C(C(=C)C)C(C)C. The van der Waals surface area contributed by atoms with E-state index in [4.69, 9.17) is 0 Å². The molecule has 0 heteroatoms. The van der Waals surface area contributed by atoms with Gasteiger partial charge in [0.15, 0.2) is 0 Å². The molecule has 0 heterocycles. The zero-order valence-electron chi connectivity index (χ0n) is 10.7. The minimum Gasteiger partial charge on any atom is -0.0998 e. The molecule has 82 valence electrons. The lowest BCUT2D eigenvalue weighted by Gasteiger charge is -2.34. The molecule has 0 rings (SSSR count). The third kappa shape index (κ3) is 3.32. The Hall–Kier alpha value is -0.520. The minimum absolute atomic E-state index is 0.576. The maximum absolute atomic E-state index is 4.12. The molecule has 0 radical (unpaired) electrons. The molecule has 0 fully saturated rings. The van der Waals surface area contributed by atoms with E-state index >= 15 is 0 Å². The van der Waals surface area contributed by atoms with Crippen LogP contribution in [0.5, 0.6) is 0 Å². The van der Waals surface area contributed by atoms with E-state index in [2.05, 4.69) is 54.7 Å². The van der Waals surface area contributed by atoms with Gasteiger partial charge < -0.3 is 0 Å². The van der Waals surface area contributed by atoms with Crippen molar-refractivity contribution in [3.63, 3.8) is 0 Å². The van der Waals surface area contributed by atoms with Gasteiger partial charge in [-0.2, -0.15) is 0 Å². The van der Waals surface area contributed by atoms with Crippen LogP contribution in [-0.2, 0) is 0 Å². The molecule has 0 amide bonds. The number of hydrogen-bond acceptors (Lipinski definition) is 0. The summed E-state index contributed by atoms with van der Waals surface area (Å²) in [5, 5.41) is 0. The van der Waals surface area contributed by atoms with Gasteiger partial charge in [0.1, 0.15) is 0 Å². The van der Waals surface area contributed by atoms with E-state index in [0.717, 1.165) is 0 Å². The van der Waals surface area contributed by atoms with E-state index in [9.17, 15) is 0 Å². The van der Waals surface area contributed by atoms with Crippen LogP contribution in [0.2, 0.25) is 0 Å². The first-order chi connectivity index (χ1) is 6.29. The molecule has 2 atom stereocenters. The van der Waals surface area contributed by atoms with Crippen molar-refractivity contribution < 1.29 is 0 Å². The van der Waals surface area contributed by atoms with Crippen LogP contribution >= 0.6 is 0 Å². The number of hydrogen-bond donors (Lipinski definition) is 0. The normalized spacial score (nSPS) is 15.7. The maximum Gasteiger partial charge on any atom is -0.0118 e. The van der Waals surface area contributed by atoms with Crippen LogP contribution in [-0.4, -0.2) is 0 Å². The van der Waals surface area contributed by atoms with Gasteiger partial charge in [-0.05, 0) is 37.5 Å². The predicted octanol–water partition coefficient (Wildman–Crippen LogP) is 4.68. The summed E-state index contributed by atoms with van der Waals surface area (Å²) in [5.74, 6) is 2.45. The lowest BCUT2D eigenvalue weighted by molar-refractivity contribution is 0.269. The smallest absolute Gasteiger partial charge is 0.0118 e. The van der Waals surface area contributed by atoms with Crippen molar-refractivity contribution in [2.45, 2.75) is 41.5 Å². The molecular formula is C14H26. The Labute approximate surface area is 90.1 Å². The molecular weight excluding hydrogens is 168 g/mol. The highest BCUT2D eigenvalue weighted by atomic mass is 14.3. The average Bonchev–Trinajstić information content (AvgIpc) is 1.96. The second kappa shape index (κ2) is 5.38. The average molecular weight is 194 g/mol. The number of allylic oxidation sites excluding steroid dienone is 2. The van der Waals surface area contributed by atoms with Crippen LogP contribution in [0.4, 0.5) is 0 Å². The van der Waals surface area contributed by atoms with Gasteiger partial charge in [-0.1, -0.05) is 52.0 Å². The summed E-state index contributed by atoms with van der Waals surface area (Å²) in [5.41, 5.74) is 2.59. The van der Waals surface area contributed by atoms with Gasteiger partial charge in [0.2, 0.25) is 0 Å². The Morgan fingerprint density at radius 2 is 0.929 bits per heavy atom. The standard InChI is InChI=1S/C14H26/c1-9(2)13(10(3)4)14(11(5)6)12(7)8/h10,12-14H,1,5H2,2-4,6-8H3. The Morgan fingerprint density at radius 3 is 1.00 bits per heavy atom. The Kier molecular flexibility index (Phi) is 5.18. The summed E-state index contributed by atoms with van der Waals surface area (Å²) in [4.78, 5) is 0. The Balaban J connectivity index is 4.93. The molecule has 0 aromatic rings. The fraction of sp³-hybridized carbons (Fsp3) is 0.714. The fourth-order valence-corrected chi connectivity index (χ4v) is 2.58. The summed E-state index contributed by atoms with van der Waals surface area (Å²) in [7, 11) is 0. The van der Waals surface area contributed by atoms with Crippen molar-refractivity contribution in [1.29, 1.82) is 0 Å². The summed E-state index contributed by atoms with van der Waals surface area (Å²) < 4.78 is 0. The molecule has 0 aliphatic heterocycles. The molecule has 0 spiro atoms. The lowest BCUT2D eigenvalue weighted by Crippen LogP contribution is -2.26. The molecule has 14 heavy (non-hydrogen) atoms. The minimum atomic E-state index is 0.576. The zero-order valence-corrected chi connectivity index (χ0v) is 10.7. The zero-order chi connectivity index (χ0) is 11.5. The van der Waals surface area contributed by atoms with Crippen LogP contribution in [0.1, 0.15) is 41.5 Å². The molecule has 0 saturated carbocycles. The van der Waals surface area contributed by atoms with Gasteiger partial charge in [-0.25, -0.2) is 0 Å². The van der Waals surface area contributed by atoms with Crippen molar-refractivity contribution in [1.82, 2.24) is 0 Å². The first kappa shape index (κ1) is 13.5. The third-order valence-electron chi connectivity index (χ3n) is 2.96. The van der Waals surface area contributed by atoms with Gasteiger partial charge in [0.05, 0.1) is 0 Å². The highest BCUT2D eigenvalue weighted by Crippen LogP contribution is 2.36. The summed E-state index contributed by atoms with van der Waals surface area (Å²) in [6.45, 7) is 21.6. The molecule has 0 N–H and O–H groups in total. The van der Waals surface area contributed by atoms with Crippen molar-refractivity contribution in [3.05, 3.63) is 24.3 Å². The summed E-state index contributed by atoms with van der Waals surface area (Å²) in [6.07, 6.45) is 0. The molecule has 0 nitrogen and oxygen atoms in total. The molecule has 0 aliphatic rings. The molecule has 0 aromatic heterocycles. The van der Waals surface area contributed by atoms with Crippen molar-refractivity contribution >= 4 is 0 Å². The van der Waals surface area contributed by atoms with E-state index in [1.54, 1.807) is 0 Å². The number of rotatable bonds is 5. The van der Waals surface area contributed by atoms with Gasteiger partial charge in [0.25, 0.3) is 0 Å². The van der Waals surface area contributed by atoms with Crippen molar-refractivity contribution in [3.8, 4) is 0 Å². The van der Waals surface area contributed by atoms with E-state index in [1.807, 2.05) is 0 Å². The maximum atomic E-state index is 4.12. The molecule has 2 unspecified atom stereocenters. The quantitative estimate of drug-likeness (QED) is 0.557. The molecule has 0 aromatic carbocycles. The van der Waals surface area contributed by atoms with E-state index < -0.39 is 0 Å². The van der Waals surface area contributed by atoms with E-state index in [1.165, 1.54) is 11.1 Å². The predicted molar refractivity (Wildman–Crippen MR) is 66.3 cm³/mol. The van der Waals surface area contributed by atoms with Crippen LogP contribution < -0.4 is 0 Å². The first-order valence-electron chi connectivity index (χ1n) is 5.59. The highest BCUT2D eigenvalue weighted by Gasteiger charge is 2.27. The van der Waals surface area contributed by atoms with E-state index in [0.29, 0.717) is 23.7 Å². The van der Waals surface area contributed by atoms with Crippen LogP contribution in [0.15, 0.2) is 24.3 Å². The summed E-state index contributed by atoms with van der Waals surface area (Å²) in [6, 6.07) is 0. The largest absolute Gasteiger partial charge is 0.0998 e. The molecule has 0 saturated heterocycles. The van der Waals surface area contributed by atoms with Crippen LogP contribution in [0.3, 0.4) is 0 Å². The molecule has 0 aliphatic carbocycles. The van der Waals surface area contributed by atoms with Crippen LogP contribution in [0.25, 0.3) is 0 Å². The van der Waals surface area contributed by atoms with Gasteiger partial charge in [-0.15, -0.1) is 0 Å². The highest BCUT2D eigenvalue weighted by molar-refractivity contribution is 5.10. The first-order valence-corrected chi connectivity index (χ1v) is 5.59. The molecule has 0 bridgehead atoms. The van der Waals surface area contributed by atoms with Gasteiger partial charge in [-0.3, -0.25) is 0 Å². The van der Waals surface area contributed by atoms with Gasteiger partial charge >= 0.3 is 0 Å². The second-order valence-electron chi connectivity index (χ2n) is 5.23. The topological polar surface area (TPSA) is 0 Å². The Bertz CT molecular complexity index is 184. The fourth-order valence-electron chi connectivity index (χ4n) is 2.58. The van der Waals surface area contributed by atoms with Crippen molar-refractivity contribution in [2.75, 3.05) is 0 Å². The van der Waals surface area contributed by atoms with E-state index in [-0.39, 0.29) is 0 Å².